The zero-order valence-corrected chi connectivity index (χ0v) is 20.7. The van der Waals surface area contributed by atoms with Crippen LogP contribution in [0.4, 0.5) is 5.69 Å². The van der Waals surface area contributed by atoms with Crippen molar-refractivity contribution in [1.29, 1.82) is 0 Å². The molecule has 0 spiro atoms. The number of carbonyl (C=O) groups is 2. The van der Waals surface area contributed by atoms with E-state index < -0.39 is 11.8 Å². The summed E-state index contributed by atoms with van der Waals surface area (Å²) in [7, 11) is 5.52. The van der Waals surface area contributed by atoms with E-state index in [2.05, 4.69) is 44.0 Å². The topological polar surface area (TPSA) is 77.1 Å². The van der Waals surface area contributed by atoms with Crippen molar-refractivity contribution in [1.82, 2.24) is 20.4 Å². The van der Waals surface area contributed by atoms with E-state index in [1.807, 2.05) is 44.1 Å². The Morgan fingerprint density at radius 1 is 1.09 bits per heavy atom. The molecule has 2 atom stereocenters. The Balaban J connectivity index is 1.61. The molecule has 0 bridgehead atoms. The summed E-state index contributed by atoms with van der Waals surface area (Å²) >= 11 is 1.68. The second kappa shape index (κ2) is 12.0. The molecule has 0 radical (unpaired) electrons. The van der Waals surface area contributed by atoms with Gasteiger partial charge in [0.05, 0.1) is 13.2 Å². The van der Waals surface area contributed by atoms with Crippen LogP contribution in [0, 0.1) is 0 Å². The molecule has 2 N–H and O–H groups in total. The molecule has 2 heterocycles. The van der Waals surface area contributed by atoms with E-state index in [0.717, 1.165) is 31.9 Å². The van der Waals surface area contributed by atoms with Crippen LogP contribution in [0.15, 0.2) is 41.8 Å². The SMILES string of the molecule is COc1ccc(N2CCN([C@@H](c3cccs3)[C@@H](C)NC(=O)C(=O)NCCN(C)C)CC2)cc1. The van der Waals surface area contributed by atoms with Gasteiger partial charge < -0.3 is 25.2 Å². The van der Waals surface area contributed by atoms with Gasteiger partial charge in [-0.2, -0.15) is 0 Å². The van der Waals surface area contributed by atoms with Crippen LogP contribution in [-0.2, 0) is 9.59 Å². The minimum atomic E-state index is -0.585. The lowest BCUT2D eigenvalue weighted by atomic mass is 10.0. The average molecular weight is 474 g/mol. The third-order valence-electron chi connectivity index (χ3n) is 5.86. The zero-order valence-electron chi connectivity index (χ0n) is 19.9. The summed E-state index contributed by atoms with van der Waals surface area (Å²) in [6.07, 6.45) is 0. The molecule has 8 nitrogen and oxygen atoms in total. The first kappa shape index (κ1) is 25.0. The van der Waals surface area contributed by atoms with E-state index in [1.165, 1.54) is 10.6 Å². The largest absolute Gasteiger partial charge is 0.497 e. The summed E-state index contributed by atoms with van der Waals surface area (Å²) in [5.74, 6) is -0.317. The van der Waals surface area contributed by atoms with Gasteiger partial charge >= 0.3 is 11.8 Å². The lowest BCUT2D eigenvalue weighted by Gasteiger charge is -2.42. The molecule has 1 aliphatic rings. The summed E-state index contributed by atoms with van der Waals surface area (Å²) in [6, 6.07) is 12.1. The number of hydrogen-bond donors (Lipinski definition) is 2. The molecular weight excluding hydrogens is 438 g/mol. The van der Waals surface area contributed by atoms with Gasteiger partial charge in [-0.3, -0.25) is 14.5 Å². The fraction of sp³-hybridized carbons (Fsp3) is 0.500. The average Bonchev–Trinajstić information content (AvgIpc) is 3.33. The van der Waals surface area contributed by atoms with E-state index in [9.17, 15) is 9.59 Å². The Morgan fingerprint density at radius 2 is 1.79 bits per heavy atom. The van der Waals surface area contributed by atoms with Crippen LogP contribution in [0.2, 0.25) is 0 Å². The number of nitrogens with one attached hydrogen (secondary N) is 2. The standard InChI is InChI=1S/C24H35N5O3S/c1-18(26-24(31)23(30)25-11-12-27(2)3)22(21-6-5-17-33-21)29-15-13-28(14-16-29)19-7-9-20(32-4)10-8-19/h5-10,17-18,22H,11-16H2,1-4H3,(H,25,30)(H,26,31)/t18-,22-/m1/s1. The van der Waals surface area contributed by atoms with E-state index >= 15 is 0 Å². The van der Waals surface area contributed by atoms with Crippen LogP contribution >= 0.6 is 11.3 Å². The molecule has 3 rings (SSSR count). The minimum Gasteiger partial charge on any atom is -0.497 e. The van der Waals surface area contributed by atoms with Gasteiger partial charge in [-0.05, 0) is 56.7 Å². The number of nitrogens with zero attached hydrogens (tertiary/aromatic N) is 3. The van der Waals surface area contributed by atoms with E-state index in [1.54, 1.807) is 18.4 Å². The zero-order chi connectivity index (χ0) is 23.8. The highest BCUT2D eigenvalue weighted by Gasteiger charge is 2.31. The van der Waals surface area contributed by atoms with Crippen LogP contribution < -0.4 is 20.3 Å². The molecule has 9 heteroatoms. The van der Waals surface area contributed by atoms with Crippen LogP contribution in [-0.4, -0.2) is 88.1 Å². The Hall–Kier alpha value is -2.62. The molecule has 2 aromatic rings. The monoisotopic (exact) mass is 473 g/mol. The number of thiophene rings is 1. The van der Waals surface area contributed by atoms with Crippen molar-refractivity contribution in [2.75, 3.05) is 65.4 Å². The summed E-state index contributed by atoms with van der Waals surface area (Å²) in [5.41, 5.74) is 1.18. The molecule has 0 unspecified atom stereocenters. The molecule has 33 heavy (non-hydrogen) atoms. The first-order valence-electron chi connectivity index (χ1n) is 11.3. The number of hydrogen-bond acceptors (Lipinski definition) is 7. The van der Waals surface area contributed by atoms with Crippen molar-refractivity contribution in [2.24, 2.45) is 0 Å². The molecule has 1 fully saturated rings. The smallest absolute Gasteiger partial charge is 0.309 e. The second-order valence-electron chi connectivity index (χ2n) is 8.50. The van der Waals surface area contributed by atoms with Crippen molar-refractivity contribution < 1.29 is 14.3 Å². The van der Waals surface area contributed by atoms with Crippen LogP contribution in [0.1, 0.15) is 17.8 Å². The first-order chi connectivity index (χ1) is 15.9. The Labute approximate surface area is 200 Å². The fourth-order valence-electron chi connectivity index (χ4n) is 4.08. The van der Waals surface area contributed by atoms with Gasteiger partial charge in [-0.15, -0.1) is 11.3 Å². The highest BCUT2D eigenvalue weighted by Crippen LogP contribution is 2.30. The van der Waals surface area contributed by atoms with Crippen LogP contribution in [0.5, 0.6) is 5.75 Å². The second-order valence-corrected chi connectivity index (χ2v) is 9.48. The maximum Gasteiger partial charge on any atom is 0.309 e. The predicted octanol–water partition coefficient (Wildman–Crippen LogP) is 1.80. The van der Waals surface area contributed by atoms with Crippen LogP contribution in [0.25, 0.3) is 0 Å². The van der Waals surface area contributed by atoms with Crippen LogP contribution in [0.3, 0.4) is 0 Å². The third kappa shape index (κ3) is 6.93. The number of anilines is 1. The van der Waals surface area contributed by atoms with E-state index in [4.69, 9.17) is 4.74 Å². The number of ether oxygens (including phenoxy) is 1. The molecule has 1 aliphatic heterocycles. The van der Waals surface area contributed by atoms with Crippen molar-refractivity contribution >= 4 is 28.8 Å². The number of methoxy groups -OCH3 is 1. The Bertz CT molecular complexity index is 880. The predicted molar refractivity (Wildman–Crippen MR) is 133 cm³/mol. The molecule has 1 aromatic carbocycles. The summed E-state index contributed by atoms with van der Waals surface area (Å²) in [6.45, 7) is 6.61. The maximum absolute atomic E-state index is 12.5. The van der Waals surface area contributed by atoms with E-state index in [0.29, 0.717) is 13.1 Å². The highest BCUT2D eigenvalue weighted by atomic mass is 32.1. The molecule has 1 aromatic heterocycles. The van der Waals surface area contributed by atoms with Gasteiger partial charge in [0, 0.05) is 55.9 Å². The van der Waals surface area contributed by atoms with Gasteiger partial charge in [0.15, 0.2) is 0 Å². The Morgan fingerprint density at radius 3 is 2.36 bits per heavy atom. The summed E-state index contributed by atoms with van der Waals surface area (Å²) in [4.78, 5) is 32.6. The highest BCUT2D eigenvalue weighted by molar-refractivity contribution is 7.10. The summed E-state index contributed by atoms with van der Waals surface area (Å²) < 4.78 is 5.26. The number of benzene rings is 1. The van der Waals surface area contributed by atoms with Gasteiger partial charge in [0.1, 0.15) is 5.75 Å². The number of carbonyl (C=O) groups excluding carboxylic acids is 2. The van der Waals surface area contributed by atoms with Gasteiger partial charge in [0.2, 0.25) is 0 Å². The quantitative estimate of drug-likeness (QED) is 0.541. The molecular formula is C24H35N5O3S. The molecule has 2 amide bonds. The molecule has 180 valence electrons. The molecule has 0 aliphatic carbocycles. The summed E-state index contributed by atoms with van der Waals surface area (Å²) in [5, 5.41) is 7.67. The normalized spacial score (nSPS) is 16.3. The first-order valence-corrected chi connectivity index (χ1v) is 12.2. The van der Waals surface area contributed by atoms with Crippen molar-refractivity contribution in [3.63, 3.8) is 0 Å². The van der Waals surface area contributed by atoms with Gasteiger partial charge in [-0.25, -0.2) is 0 Å². The number of amides is 2. The lowest BCUT2D eigenvalue weighted by molar-refractivity contribution is -0.139. The lowest BCUT2D eigenvalue weighted by Crippen LogP contribution is -2.54. The minimum absolute atomic E-state index is 0.0153. The number of piperazine rings is 1. The molecule has 1 saturated heterocycles. The maximum atomic E-state index is 12.5. The number of likely N-dealkylation sites (N-methyl/N-ethyl adjacent to an activating group) is 1. The number of rotatable bonds is 9. The van der Waals surface area contributed by atoms with E-state index in [-0.39, 0.29) is 12.1 Å². The van der Waals surface area contributed by atoms with Crippen molar-refractivity contribution in [2.45, 2.75) is 19.0 Å². The van der Waals surface area contributed by atoms with Crippen molar-refractivity contribution in [3.8, 4) is 5.75 Å². The van der Waals surface area contributed by atoms with Crippen molar-refractivity contribution in [3.05, 3.63) is 46.7 Å². The fourth-order valence-corrected chi connectivity index (χ4v) is 5.04. The Kier molecular flexibility index (Phi) is 9.11. The van der Waals surface area contributed by atoms with Gasteiger partial charge in [0.25, 0.3) is 0 Å². The molecule has 0 saturated carbocycles. The van der Waals surface area contributed by atoms with Gasteiger partial charge in [-0.1, -0.05) is 6.07 Å². The third-order valence-corrected chi connectivity index (χ3v) is 6.81.